The van der Waals surface area contributed by atoms with E-state index in [0.717, 1.165) is 22.4 Å². The number of hydrogen-bond acceptors (Lipinski definition) is 4. The van der Waals surface area contributed by atoms with Crippen molar-refractivity contribution in [3.05, 3.63) is 59.7 Å². The molecule has 1 heterocycles. The average Bonchev–Trinajstić information content (AvgIpc) is 2.88. The number of hydrogen-bond donors (Lipinski definition) is 1. The Morgan fingerprint density at radius 3 is 2.60 bits per heavy atom. The van der Waals surface area contributed by atoms with Gasteiger partial charge in [0.25, 0.3) is 0 Å². The van der Waals surface area contributed by atoms with Crippen LogP contribution < -0.4 is 5.43 Å². The molecule has 1 aromatic heterocycles. The number of para-hydroxylation sites is 2. The van der Waals surface area contributed by atoms with Crippen molar-refractivity contribution < 1.29 is 4.42 Å². The Morgan fingerprint density at radius 2 is 1.85 bits per heavy atom. The zero-order chi connectivity index (χ0) is 13.9. The SMILES string of the molecule is C/C(=N/Nc1nc2ccccc2o1)c1ccc(C)cc1. The Morgan fingerprint density at radius 1 is 1.10 bits per heavy atom. The molecule has 0 aliphatic rings. The predicted molar refractivity (Wildman–Crippen MR) is 81.0 cm³/mol. The Hall–Kier alpha value is -2.62. The molecule has 3 aromatic rings. The van der Waals surface area contributed by atoms with Gasteiger partial charge < -0.3 is 4.42 Å². The van der Waals surface area contributed by atoms with Gasteiger partial charge in [-0.1, -0.05) is 42.0 Å². The van der Waals surface area contributed by atoms with Gasteiger partial charge in [0.1, 0.15) is 5.52 Å². The zero-order valence-electron chi connectivity index (χ0n) is 11.4. The van der Waals surface area contributed by atoms with Gasteiger partial charge in [0.2, 0.25) is 0 Å². The Balaban J connectivity index is 1.80. The molecular formula is C16H15N3O. The second-order valence-electron chi connectivity index (χ2n) is 4.66. The van der Waals surface area contributed by atoms with Crippen molar-refractivity contribution in [2.75, 3.05) is 5.43 Å². The molecule has 0 spiro atoms. The van der Waals surface area contributed by atoms with E-state index in [0.29, 0.717) is 6.01 Å². The minimum absolute atomic E-state index is 0.401. The number of anilines is 1. The van der Waals surface area contributed by atoms with E-state index in [9.17, 15) is 0 Å². The predicted octanol–water partition coefficient (Wildman–Crippen LogP) is 3.97. The molecule has 100 valence electrons. The number of fused-ring (bicyclic) bond motifs is 1. The van der Waals surface area contributed by atoms with Crippen molar-refractivity contribution in [3.8, 4) is 0 Å². The fourth-order valence-corrected chi connectivity index (χ4v) is 1.91. The molecule has 20 heavy (non-hydrogen) atoms. The van der Waals surface area contributed by atoms with Crippen molar-refractivity contribution in [3.63, 3.8) is 0 Å². The fourth-order valence-electron chi connectivity index (χ4n) is 1.91. The first kappa shape index (κ1) is 12.4. The van der Waals surface area contributed by atoms with Crippen LogP contribution >= 0.6 is 0 Å². The van der Waals surface area contributed by atoms with Crippen LogP contribution in [0.4, 0.5) is 6.01 Å². The van der Waals surface area contributed by atoms with E-state index in [4.69, 9.17) is 4.42 Å². The van der Waals surface area contributed by atoms with Crippen LogP contribution in [0.3, 0.4) is 0 Å². The zero-order valence-corrected chi connectivity index (χ0v) is 11.4. The third-order valence-corrected chi connectivity index (χ3v) is 3.08. The van der Waals surface area contributed by atoms with Crippen LogP contribution in [0.25, 0.3) is 11.1 Å². The van der Waals surface area contributed by atoms with Gasteiger partial charge >= 0.3 is 6.01 Å². The van der Waals surface area contributed by atoms with E-state index in [1.165, 1.54) is 5.56 Å². The normalized spacial score (nSPS) is 11.8. The molecule has 0 fully saturated rings. The number of aromatic nitrogens is 1. The summed E-state index contributed by atoms with van der Waals surface area (Å²) in [6.07, 6.45) is 0. The van der Waals surface area contributed by atoms with Crippen LogP contribution in [0.5, 0.6) is 0 Å². The summed E-state index contributed by atoms with van der Waals surface area (Å²) >= 11 is 0. The highest BCUT2D eigenvalue weighted by molar-refractivity contribution is 5.99. The minimum atomic E-state index is 0.401. The number of nitrogens with one attached hydrogen (secondary N) is 1. The second kappa shape index (κ2) is 5.17. The van der Waals surface area contributed by atoms with Crippen LogP contribution in [0.1, 0.15) is 18.1 Å². The number of hydrazone groups is 1. The van der Waals surface area contributed by atoms with Crippen LogP contribution in [0.15, 0.2) is 58.0 Å². The summed E-state index contributed by atoms with van der Waals surface area (Å²) in [5.41, 5.74) is 7.60. The third-order valence-electron chi connectivity index (χ3n) is 3.08. The van der Waals surface area contributed by atoms with Crippen molar-refractivity contribution in [1.82, 2.24) is 4.98 Å². The van der Waals surface area contributed by atoms with E-state index < -0.39 is 0 Å². The first-order valence-electron chi connectivity index (χ1n) is 6.45. The quantitative estimate of drug-likeness (QED) is 0.575. The number of nitrogens with zero attached hydrogens (tertiary/aromatic N) is 2. The summed E-state index contributed by atoms with van der Waals surface area (Å²) in [4.78, 5) is 4.31. The Labute approximate surface area is 117 Å². The smallest absolute Gasteiger partial charge is 0.316 e. The number of rotatable bonds is 3. The van der Waals surface area contributed by atoms with Crippen LogP contribution in [-0.2, 0) is 0 Å². The van der Waals surface area contributed by atoms with Gasteiger partial charge in [-0.3, -0.25) is 0 Å². The largest absolute Gasteiger partial charge is 0.422 e. The van der Waals surface area contributed by atoms with Crippen molar-refractivity contribution in [2.45, 2.75) is 13.8 Å². The molecule has 1 N–H and O–H groups in total. The first-order chi connectivity index (χ1) is 9.72. The molecule has 0 radical (unpaired) electrons. The van der Waals surface area contributed by atoms with Gasteiger partial charge in [-0.05, 0) is 31.5 Å². The summed E-state index contributed by atoms with van der Waals surface area (Å²) in [5, 5.41) is 4.30. The van der Waals surface area contributed by atoms with Gasteiger partial charge in [0, 0.05) is 0 Å². The van der Waals surface area contributed by atoms with E-state index in [1.54, 1.807) is 0 Å². The summed E-state index contributed by atoms with van der Waals surface area (Å²) < 4.78 is 5.54. The summed E-state index contributed by atoms with van der Waals surface area (Å²) in [7, 11) is 0. The average molecular weight is 265 g/mol. The van der Waals surface area contributed by atoms with E-state index in [2.05, 4.69) is 34.6 Å². The van der Waals surface area contributed by atoms with Crippen LogP contribution in [-0.4, -0.2) is 10.7 Å². The lowest BCUT2D eigenvalue weighted by Gasteiger charge is -2.01. The van der Waals surface area contributed by atoms with Gasteiger partial charge in [0.05, 0.1) is 5.71 Å². The molecule has 0 atom stereocenters. The Kier molecular flexibility index (Phi) is 3.21. The maximum absolute atomic E-state index is 5.54. The standard InChI is InChI=1S/C16H15N3O/c1-11-7-9-13(10-8-11)12(2)18-19-16-17-14-5-3-4-6-15(14)20-16/h3-10H,1-2H3,(H,17,19)/b18-12-. The monoisotopic (exact) mass is 265 g/mol. The lowest BCUT2D eigenvalue weighted by atomic mass is 10.1. The molecular weight excluding hydrogens is 250 g/mol. The van der Waals surface area contributed by atoms with Gasteiger partial charge in [-0.15, -0.1) is 0 Å². The van der Waals surface area contributed by atoms with Crippen LogP contribution in [0.2, 0.25) is 0 Å². The molecule has 0 unspecified atom stereocenters. The molecule has 0 saturated heterocycles. The molecule has 0 aliphatic carbocycles. The first-order valence-corrected chi connectivity index (χ1v) is 6.45. The maximum atomic E-state index is 5.54. The topological polar surface area (TPSA) is 50.4 Å². The van der Waals surface area contributed by atoms with E-state index in [1.807, 2.05) is 43.3 Å². The lowest BCUT2D eigenvalue weighted by Crippen LogP contribution is -1.99. The molecule has 0 amide bonds. The molecule has 4 nitrogen and oxygen atoms in total. The molecule has 0 aliphatic heterocycles. The van der Waals surface area contributed by atoms with E-state index >= 15 is 0 Å². The summed E-state index contributed by atoms with van der Waals surface area (Å²) in [6.45, 7) is 4.01. The van der Waals surface area contributed by atoms with Gasteiger partial charge in [-0.2, -0.15) is 10.1 Å². The van der Waals surface area contributed by atoms with Crippen molar-refractivity contribution >= 4 is 22.8 Å². The number of oxazole rings is 1. The number of aryl methyl sites for hydroxylation is 1. The molecule has 2 aromatic carbocycles. The Bertz CT molecular complexity index is 724. The molecule has 4 heteroatoms. The number of benzene rings is 2. The molecule has 0 bridgehead atoms. The highest BCUT2D eigenvalue weighted by atomic mass is 16.4. The van der Waals surface area contributed by atoms with E-state index in [-0.39, 0.29) is 0 Å². The highest BCUT2D eigenvalue weighted by Gasteiger charge is 2.03. The van der Waals surface area contributed by atoms with Gasteiger partial charge in [-0.25, -0.2) is 5.43 Å². The van der Waals surface area contributed by atoms with Gasteiger partial charge in [0.15, 0.2) is 5.58 Å². The van der Waals surface area contributed by atoms with Crippen molar-refractivity contribution in [2.24, 2.45) is 5.10 Å². The second-order valence-corrected chi connectivity index (χ2v) is 4.66. The molecule has 0 saturated carbocycles. The summed E-state index contributed by atoms with van der Waals surface area (Å²) in [5.74, 6) is 0. The summed E-state index contributed by atoms with van der Waals surface area (Å²) in [6, 6.07) is 16.2. The minimum Gasteiger partial charge on any atom is -0.422 e. The lowest BCUT2D eigenvalue weighted by molar-refractivity contribution is 0.617. The maximum Gasteiger partial charge on any atom is 0.316 e. The molecule has 3 rings (SSSR count). The van der Waals surface area contributed by atoms with Crippen LogP contribution in [0, 0.1) is 6.92 Å². The third kappa shape index (κ3) is 2.54. The van der Waals surface area contributed by atoms with Crippen molar-refractivity contribution in [1.29, 1.82) is 0 Å². The highest BCUT2D eigenvalue weighted by Crippen LogP contribution is 2.18. The fraction of sp³-hybridized carbons (Fsp3) is 0.125.